The molecular formula is C15H15N5O2S. The molecule has 1 amide bonds. The Morgan fingerprint density at radius 2 is 2.09 bits per heavy atom. The molecule has 3 aromatic rings. The quantitative estimate of drug-likeness (QED) is 0.664. The van der Waals surface area contributed by atoms with E-state index in [0.29, 0.717) is 18.2 Å². The molecule has 3 rings (SSSR count). The largest absolute Gasteiger partial charge is 0.467 e. The van der Waals surface area contributed by atoms with Crippen molar-refractivity contribution in [3.05, 3.63) is 60.1 Å². The van der Waals surface area contributed by atoms with Crippen LogP contribution in [-0.2, 0) is 17.9 Å². The molecule has 0 radical (unpaired) electrons. The van der Waals surface area contributed by atoms with Crippen LogP contribution >= 0.6 is 11.8 Å². The molecule has 2 aromatic heterocycles. The average Bonchev–Trinajstić information content (AvgIpc) is 3.24. The van der Waals surface area contributed by atoms with E-state index in [1.165, 1.54) is 11.8 Å². The Hall–Kier alpha value is -2.61. The van der Waals surface area contributed by atoms with Gasteiger partial charge in [-0.25, -0.2) is 4.68 Å². The monoisotopic (exact) mass is 329 g/mol. The first-order chi connectivity index (χ1) is 11.3. The molecule has 0 aliphatic carbocycles. The number of aromatic nitrogens is 4. The third-order valence-electron chi connectivity index (χ3n) is 3.05. The molecule has 0 atom stereocenters. The number of tetrazole rings is 1. The normalized spacial score (nSPS) is 10.6. The van der Waals surface area contributed by atoms with Crippen LogP contribution in [0.4, 0.5) is 0 Å². The summed E-state index contributed by atoms with van der Waals surface area (Å²) < 4.78 is 6.88. The Balaban J connectivity index is 1.48. The van der Waals surface area contributed by atoms with E-state index in [-0.39, 0.29) is 11.7 Å². The van der Waals surface area contributed by atoms with Crippen molar-refractivity contribution < 1.29 is 9.21 Å². The highest BCUT2D eigenvalue weighted by atomic mass is 32.2. The molecule has 0 bridgehead atoms. The molecule has 0 spiro atoms. The van der Waals surface area contributed by atoms with Crippen LogP contribution in [0.25, 0.3) is 0 Å². The first-order valence-electron chi connectivity index (χ1n) is 7.03. The summed E-state index contributed by atoms with van der Waals surface area (Å²) in [6.45, 7) is 0.950. The number of nitrogens with zero attached hydrogens (tertiary/aromatic N) is 4. The maximum atomic E-state index is 11.9. The molecule has 0 saturated heterocycles. The summed E-state index contributed by atoms with van der Waals surface area (Å²) in [5, 5.41) is 14.9. The lowest BCUT2D eigenvalue weighted by molar-refractivity contribution is -0.118. The average molecular weight is 329 g/mol. The maximum Gasteiger partial charge on any atom is 0.230 e. The van der Waals surface area contributed by atoms with E-state index in [1.54, 1.807) is 10.9 Å². The van der Waals surface area contributed by atoms with Gasteiger partial charge in [0, 0.05) is 6.54 Å². The highest BCUT2D eigenvalue weighted by Gasteiger charge is 2.11. The number of hydrogen-bond acceptors (Lipinski definition) is 6. The zero-order chi connectivity index (χ0) is 15.9. The van der Waals surface area contributed by atoms with Gasteiger partial charge in [0.05, 0.1) is 12.0 Å². The van der Waals surface area contributed by atoms with E-state index in [4.69, 9.17) is 4.42 Å². The van der Waals surface area contributed by atoms with Crippen LogP contribution in [-0.4, -0.2) is 31.9 Å². The summed E-state index contributed by atoms with van der Waals surface area (Å²) in [7, 11) is 0. The van der Waals surface area contributed by atoms with Crippen molar-refractivity contribution in [3.8, 4) is 0 Å². The molecule has 118 valence electrons. The molecule has 23 heavy (non-hydrogen) atoms. The van der Waals surface area contributed by atoms with Crippen LogP contribution in [0.15, 0.2) is 58.3 Å². The van der Waals surface area contributed by atoms with Crippen LogP contribution in [0, 0.1) is 0 Å². The fourth-order valence-electron chi connectivity index (χ4n) is 1.93. The third kappa shape index (κ3) is 4.43. The molecular weight excluding hydrogens is 314 g/mol. The predicted octanol–water partition coefficient (Wildman–Crippen LogP) is 1.72. The minimum Gasteiger partial charge on any atom is -0.467 e. The smallest absolute Gasteiger partial charge is 0.230 e. The number of carbonyl (C=O) groups is 1. The van der Waals surface area contributed by atoms with E-state index in [1.807, 2.05) is 42.5 Å². The van der Waals surface area contributed by atoms with Gasteiger partial charge in [-0.15, -0.1) is 5.10 Å². The number of furan rings is 1. The van der Waals surface area contributed by atoms with Gasteiger partial charge in [-0.05, 0) is 28.1 Å². The van der Waals surface area contributed by atoms with E-state index >= 15 is 0 Å². The van der Waals surface area contributed by atoms with Gasteiger partial charge in [0.15, 0.2) is 0 Å². The summed E-state index contributed by atoms with van der Waals surface area (Å²) >= 11 is 1.29. The van der Waals surface area contributed by atoms with Crippen molar-refractivity contribution >= 4 is 17.7 Å². The lowest BCUT2D eigenvalue weighted by atomic mass is 10.2. The molecule has 2 heterocycles. The fraction of sp³-hybridized carbons (Fsp3) is 0.200. The first-order valence-corrected chi connectivity index (χ1v) is 8.02. The molecule has 0 aliphatic rings. The molecule has 7 nitrogen and oxygen atoms in total. The number of amides is 1. The maximum absolute atomic E-state index is 11.9. The van der Waals surface area contributed by atoms with Crippen LogP contribution in [0.1, 0.15) is 11.3 Å². The Morgan fingerprint density at radius 1 is 1.22 bits per heavy atom. The number of rotatable bonds is 7. The van der Waals surface area contributed by atoms with Gasteiger partial charge >= 0.3 is 0 Å². The number of carbonyl (C=O) groups excluding carboxylic acids is 1. The number of thioether (sulfide) groups is 1. The minimum atomic E-state index is -0.0635. The van der Waals surface area contributed by atoms with E-state index in [0.717, 1.165) is 11.3 Å². The predicted molar refractivity (Wildman–Crippen MR) is 84.6 cm³/mol. The van der Waals surface area contributed by atoms with Gasteiger partial charge in [0.2, 0.25) is 11.1 Å². The zero-order valence-corrected chi connectivity index (χ0v) is 13.1. The van der Waals surface area contributed by atoms with Crippen molar-refractivity contribution in [1.29, 1.82) is 0 Å². The lowest BCUT2D eigenvalue weighted by Gasteiger charge is -2.05. The van der Waals surface area contributed by atoms with Gasteiger partial charge in [0.25, 0.3) is 0 Å². The molecule has 0 unspecified atom stereocenters. The van der Waals surface area contributed by atoms with Gasteiger partial charge < -0.3 is 9.73 Å². The summed E-state index contributed by atoms with van der Waals surface area (Å²) in [5.74, 6) is 0.949. The second-order valence-corrected chi connectivity index (χ2v) is 5.69. The number of benzene rings is 1. The topological polar surface area (TPSA) is 85.8 Å². The van der Waals surface area contributed by atoms with Crippen molar-refractivity contribution in [2.45, 2.75) is 18.2 Å². The highest BCUT2D eigenvalue weighted by molar-refractivity contribution is 7.99. The molecule has 0 fully saturated rings. The van der Waals surface area contributed by atoms with E-state index in [9.17, 15) is 4.79 Å². The van der Waals surface area contributed by atoms with Gasteiger partial charge in [-0.3, -0.25) is 4.79 Å². The van der Waals surface area contributed by atoms with Crippen LogP contribution in [0.2, 0.25) is 0 Å². The Labute approximate surface area is 137 Å². The number of nitrogens with one attached hydrogen (secondary N) is 1. The van der Waals surface area contributed by atoms with E-state index in [2.05, 4.69) is 20.8 Å². The Kier molecular flexibility index (Phi) is 5.05. The van der Waals surface area contributed by atoms with Crippen molar-refractivity contribution in [2.75, 3.05) is 5.75 Å². The SMILES string of the molecule is O=C(CSc1nnnn1Cc1ccco1)NCc1ccccc1. The standard InChI is InChI=1S/C15H15N5O2S/c21-14(16-9-12-5-2-1-3-6-12)11-23-15-17-18-19-20(15)10-13-7-4-8-22-13/h1-8H,9-11H2,(H,16,21). The van der Waals surface area contributed by atoms with Crippen LogP contribution in [0.5, 0.6) is 0 Å². The van der Waals surface area contributed by atoms with Crippen molar-refractivity contribution in [3.63, 3.8) is 0 Å². The second-order valence-electron chi connectivity index (χ2n) is 4.75. The first kappa shape index (κ1) is 15.3. The van der Waals surface area contributed by atoms with Gasteiger partial charge in [0.1, 0.15) is 12.3 Å². The number of hydrogen-bond donors (Lipinski definition) is 1. The third-order valence-corrected chi connectivity index (χ3v) is 4.01. The van der Waals surface area contributed by atoms with Crippen molar-refractivity contribution in [1.82, 2.24) is 25.5 Å². The zero-order valence-electron chi connectivity index (χ0n) is 12.3. The lowest BCUT2D eigenvalue weighted by Crippen LogP contribution is -2.24. The minimum absolute atomic E-state index is 0.0635. The Morgan fingerprint density at radius 3 is 2.87 bits per heavy atom. The molecule has 0 aliphatic heterocycles. The van der Waals surface area contributed by atoms with Gasteiger partial charge in [-0.2, -0.15) is 0 Å². The summed E-state index contributed by atoms with van der Waals surface area (Å²) in [5.41, 5.74) is 1.06. The molecule has 1 N–H and O–H groups in total. The molecule has 0 saturated carbocycles. The van der Waals surface area contributed by atoms with E-state index < -0.39 is 0 Å². The summed E-state index contributed by atoms with van der Waals surface area (Å²) in [4.78, 5) is 11.9. The van der Waals surface area contributed by atoms with Crippen molar-refractivity contribution in [2.24, 2.45) is 0 Å². The van der Waals surface area contributed by atoms with Crippen LogP contribution < -0.4 is 5.32 Å². The fourth-order valence-corrected chi connectivity index (χ4v) is 2.63. The Bertz CT molecular complexity index is 742. The molecule has 1 aromatic carbocycles. The summed E-state index contributed by atoms with van der Waals surface area (Å²) in [6.07, 6.45) is 1.60. The van der Waals surface area contributed by atoms with Crippen LogP contribution in [0.3, 0.4) is 0 Å². The summed E-state index contributed by atoms with van der Waals surface area (Å²) in [6, 6.07) is 13.4. The molecule has 8 heteroatoms. The highest BCUT2D eigenvalue weighted by Crippen LogP contribution is 2.15. The second kappa shape index (κ2) is 7.59. The van der Waals surface area contributed by atoms with Gasteiger partial charge in [-0.1, -0.05) is 42.1 Å².